The van der Waals surface area contributed by atoms with Crippen molar-refractivity contribution in [3.8, 4) is 0 Å². The summed E-state index contributed by atoms with van der Waals surface area (Å²) >= 11 is 0. The molecule has 13 heteroatoms. The summed E-state index contributed by atoms with van der Waals surface area (Å²) in [4.78, 5) is 30.8. The van der Waals surface area contributed by atoms with E-state index >= 15 is 0 Å². The van der Waals surface area contributed by atoms with Crippen LogP contribution in [0.25, 0.3) is 87.0 Å². The predicted octanol–water partition coefficient (Wildman–Crippen LogP) is 12.6. The van der Waals surface area contributed by atoms with E-state index in [9.17, 15) is 9.59 Å². The zero-order valence-corrected chi connectivity index (χ0v) is 35.8. The number of benzene rings is 8. The van der Waals surface area contributed by atoms with Gasteiger partial charge in [-0.15, -0.1) is 0 Å². The Morgan fingerprint density at radius 3 is 1.05 bits per heavy atom. The van der Waals surface area contributed by atoms with Gasteiger partial charge in [-0.3, -0.25) is 18.6 Å². The molecule has 11 nitrogen and oxygen atoms in total. The van der Waals surface area contributed by atoms with Crippen molar-refractivity contribution in [3.63, 3.8) is 0 Å². The molecule has 0 aliphatic rings. The Balaban J connectivity index is 0.758. The average Bonchev–Trinajstić information content (AvgIpc) is 3.62. The summed E-state index contributed by atoms with van der Waals surface area (Å²) < 4.78 is 37.8. The number of nitrogens with zero attached hydrogens (tertiary/aromatic N) is 1. The summed E-state index contributed by atoms with van der Waals surface area (Å²) in [5, 5.41) is 17.9. The molecule has 314 valence electrons. The standard InChI is InChI=1S/C51H37N3O8P2/c55-50(52-28-30-57-63-59-42-24-20-32-10-1-5-14-36(32)46(42)47-37-15-6-2-11-33(37)21-25-43(47)60-63)40-18-9-19-41(54-40)51(56)53-29-31-58-64-61-44-26-22-34-12-3-7-16-38(34)48(44)49-39-17-8-4-13-35(39)23-27-45(49)62-64/h1-27H,28-31H2,(H,52,55)(H,53,56). The first-order chi connectivity index (χ1) is 31.6. The molecular weight excluding hydrogens is 845 g/mol. The van der Waals surface area contributed by atoms with Gasteiger partial charge in [-0.1, -0.05) is 127 Å². The first-order valence-corrected chi connectivity index (χ1v) is 22.9. The smallest absolute Gasteiger partial charge is 0.387 e. The first-order valence-electron chi connectivity index (χ1n) is 20.7. The van der Waals surface area contributed by atoms with Gasteiger partial charge in [0.2, 0.25) is 0 Å². The van der Waals surface area contributed by atoms with Crippen LogP contribution in [-0.2, 0) is 0 Å². The highest BCUT2D eigenvalue weighted by Gasteiger charge is 2.17. The molecule has 0 spiro atoms. The summed E-state index contributed by atoms with van der Waals surface area (Å²) in [6, 6.07) is 53.3. The summed E-state index contributed by atoms with van der Waals surface area (Å²) in [5.41, 5.74) is 2.78. The van der Waals surface area contributed by atoms with E-state index in [1.165, 1.54) is 0 Å². The molecule has 3 heterocycles. The Kier molecular flexibility index (Phi) is 10.5. The van der Waals surface area contributed by atoms with Crippen LogP contribution in [0.15, 0.2) is 181 Å². The van der Waals surface area contributed by atoms with Crippen molar-refractivity contribution in [1.82, 2.24) is 15.6 Å². The van der Waals surface area contributed by atoms with Gasteiger partial charge in [0.25, 0.3) is 11.8 Å². The minimum absolute atomic E-state index is 0.0827. The van der Waals surface area contributed by atoms with Crippen LogP contribution in [0.4, 0.5) is 0 Å². The minimum atomic E-state index is -1.88. The van der Waals surface area contributed by atoms with Crippen LogP contribution >= 0.6 is 16.5 Å². The van der Waals surface area contributed by atoms with Gasteiger partial charge < -0.3 is 27.4 Å². The molecule has 2 amide bonds. The van der Waals surface area contributed by atoms with E-state index in [-0.39, 0.29) is 37.7 Å². The number of hydrogen-bond acceptors (Lipinski definition) is 9. The second-order valence-corrected chi connectivity index (χ2v) is 17.2. The Bertz CT molecular complexity index is 3280. The highest BCUT2D eigenvalue weighted by molar-refractivity contribution is 7.32. The molecule has 0 fully saturated rings. The van der Waals surface area contributed by atoms with Gasteiger partial charge in [0.15, 0.2) is 0 Å². The van der Waals surface area contributed by atoms with Crippen molar-refractivity contribution < 1.29 is 35.4 Å². The predicted molar refractivity (Wildman–Crippen MR) is 254 cm³/mol. The van der Waals surface area contributed by atoms with Crippen molar-refractivity contribution in [3.05, 3.63) is 175 Å². The van der Waals surface area contributed by atoms with Crippen LogP contribution in [-0.4, -0.2) is 43.1 Å². The van der Waals surface area contributed by atoms with E-state index in [0.717, 1.165) is 64.6 Å². The van der Waals surface area contributed by atoms with Crippen molar-refractivity contribution >= 4 is 115 Å². The van der Waals surface area contributed by atoms with Gasteiger partial charge >= 0.3 is 16.5 Å². The maximum Gasteiger partial charge on any atom is 0.387 e. The number of nitrogens with one attached hydrogen (secondary N) is 2. The molecule has 0 aliphatic carbocycles. The molecule has 0 unspecified atom stereocenters. The van der Waals surface area contributed by atoms with Crippen LogP contribution < -0.4 is 19.7 Å². The van der Waals surface area contributed by atoms with Gasteiger partial charge in [0, 0.05) is 34.6 Å². The van der Waals surface area contributed by atoms with Gasteiger partial charge in [-0.2, -0.15) is 0 Å². The number of aromatic nitrogens is 1. The number of pyridine rings is 1. The van der Waals surface area contributed by atoms with Crippen molar-refractivity contribution in [2.75, 3.05) is 26.3 Å². The number of carbonyl (C=O) groups is 2. The molecule has 64 heavy (non-hydrogen) atoms. The van der Waals surface area contributed by atoms with E-state index in [2.05, 4.69) is 64.1 Å². The maximum atomic E-state index is 13.2. The molecule has 0 saturated carbocycles. The Labute approximate surface area is 366 Å². The monoisotopic (exact) mass is 881 g/mol. The van der Waals surface area contributed by atoms with Crippen molar-refractivity contribution in [2.45, 2.75) is 0 Å². The number of fused-ring (bicyclic) bond motifs is 14. The number of carbonyl (C=O) groups excluding carboxylic acids is 2. The fraction of sp³-hybridized carbons (Fsp3) is 0.0784. The number of hydrogen-bond donors (Lipinski definition) is 2. The van der Waals surface area contributed by atoms with Crippen LogP contribution in [0.5, 0.6) is 0 Å². The summed E-state index contributed by atoms with van der Waals surface area (Å²) in [6.45, 7) is 0.487. The molecule has 0 atom stereocenters. The lowest BCUT2D eigenvalue weighted by Gasteiger charge is -2.07. The zero-order chi connectivity index (χ0) is 43.0. The average molecular weight is 882 g/mol. The second kappa shape index (κ2) is 17.1. The van der Waals surface area contributed by atoms with Gasteiger partial charge in [0.1, 0.15) is 33.7 Å². The topological polar surface area (TPSA) is 142 Å². The van der Waals surface area contributed by atoms with Gasteiger partial charge in [0.05, 0.1) is 13.2 Å². The van der Waals surface area contributed by atoms with E-state index in [0.29, 0.717) is 22.3 Å². The lowest BCUT2D eigenvalue weighted by molar-refractivity contribution is 0.0939. The van der Waals surface area contributed by atoms with Crippen LogP contribution in [0.2, 0.25) is 0 Å². The number of rotatable bonds is 10. The minimum Gasteiger partial charge on any atom is -0.399 e. The SMILES string of the molecule is O=C(NCCOp1oc2ccc3ccccc3c2c2c(ccc3ccccc32)o1)c1cccc(C(=O)NCCOp2oc3ccc4ccccc4c3c3c(ccc4ccccc43)o2)n1. The first kappa shape index (κ1) is 39.5. The lowest BCUT2D eigenvalue weighted by Crippen LogP contribution is -2.31. The van der Waals surface area contributed by atoms with Crippen molar-refractivity contribution in [2.24, 2.45) is 0 Å². The molecule has 8 aromatic carbocycles. The largest absolute Gasteiger partial charge is 0.399 e. The van der Waals surface area contributed by atoms with E-state index in [1.54, 1.807) is 18.2 Å². The maximum absolute atomic E-state index is 13.2. The summed E-state index contributed by atoms with van der Waals surface area (Å²) in [7, 11) is -3.75. The molecule has 3 aromatic heterocycles. The summed E-state index contributed by atoms with van der Waals surface area (Å²) in [5.74, 6) is -0.922. The molecule has 0 aliphatic heterocycles. The molecule has 0 bridgehead atoms. The Hall–Kier alpha value is -7.39. The Morgan fingerprint density at radius 1 is 0.406 bits per heavy atom. The van der Waals surface area contributed by atoms with E-state index in [4.69, 9.17) is 25.8 Å². The number of amides is 2. The highest BCUT2D eigenvalue weighted by atomic mass is 31.1. The Morgan fingerprint density at radius 2 is 0.719 bits per heavy atom. The third-order valence-electron chi connectivity index (χ3n) is 11.1. The van der Waals surface area contributed by atoms with Crippen LogP contribution in [0.1, 0.15) is 21.0 Å². The molecule has 0 saturated heterocycles. The van der Waals surface area contributed by atoms with Gasteiger partial charge in [-0.25, -0.2) is 4.98 Å². The molecule has 11 aromatic rings. The lowest BCUT2D eigenvalue weighted by atomic mass is 9.99. The van der Waals surface area contributed by atoms with Gasteiger partial charge in [-0.05, 0) is 79.5 Å². The van der Waals surface area contributed by atoms with Crippen molar-refractivity contribution in [1.29, 1.82) is 0 Å². The molecular formula is C51H37N3O8P2. The molecule has 2 N–H and O–H groups in total. The summed E-state index contributed by atoms with van der Waals surface area (Å²) in [6.07, 6.45) is 0. The second-order valence-electron chi connectivity index (χ2n) is 15.0. The fourth-order valence-corrected chi connectivity index (χ4v) is 10.3. The molecule has 0 radical (unpaired) electrons. The fourth-order valence-electron chi connectivity index (χ4n) is 8.24. The highest BCUT2D eigenvalue weighted by Crippen LogP contribution is 2.42. The third kappa shape index (κ3) is 7.51. The van der Waals surface area contributed by atoms with E-state index in [1.807, 2.05) is 97.1 Å². The quantitative estimate of drug-likeness (QED) is 0.128. The van der Waals surface area contributed by atoms with Crippen LogP contribution in [0.3, 0.4) is 0 Å². The normalized spacial score (nSPS) is 11.6. The molecule has 11 rings (SSSR count). The third-order valence-corrected chi connectivity index (χ3v) is 13.3. The zero-order valence-electron chi connectivity index (χ0n) is 34.0. The van der Waals surface area contributed by atoms with E-state index < -0.39 is 28.3 Å². The van der Waals surface area contributed by atoms with Crippen LogP contribution in [0, 0.1) is 0 Å².